The molecule has 9 heteroatoms. The first-order chi connectivity index (χ1) is 10.9. The van der Waals surface area contributed by atoms with Crippen LogP contribution in [-0.4, -0.2) is 20.9 Å². The zero-order chi connectivity index (χ0) is 17.0. The molecule has 1 atom stereocenters. The third-order valence-corrected chi connectivity index (χ3v) is 3.02. The molecule has 0 fully saturated rings. The number of non-ortho nitro benzene ring substituents is 2. The molecular weight excluding hydrogens is 306 g/mol. The predicted octanol–water partition coefficient (Wildman–Crippen LogP) is 2.74. The van der Waals surface area contributed by atoms with Crippen LogP contribution in [0.2, 0.25) is 0 Å². The van der Waals surface area contributed by atoms with Gasteiger partial charge in [-0.1, -0.05) is 30.3 Å². The Balaban J connectivity index is 2.42. The number of carbonyl (C=O) groups is 1. The second-order valence-electron chi connectivity index (χ2n) is 4.58. The molecule has 2 N–H and O–H groups in total. The van der Waals surface area contributed by atoms with Gasteiger partial charge in [0.2, 0.25) is 0 Å². The molecule has 9 nitrogen and oxygen atoms in total. The highest BCUT2D eigenvalue weighted by Gasteiger charge is 2.22. The molecule has 2 aromatic rings. The highest BCUT2D eigenvalue weighted by Crippen LogP contribution is 2.28. The number of benzene rings is 2. The summed E-state index contributed by atoms with van der Waals surface area (Å²) in [6.07, 6.45) is 0. The summed E-state index contributed by atoms with van der Waals surface area (Å²) in [4.78, 5) is 31.6. The van der Waals surface area contributed by atoms with Gasteiger partial charge in [-0.15, -0.1) is 0 Å². The van der Waals surface area contributed by atoms with Gasteiger partial charge in [0.25, 0.3) is 11.4 Å². The Labute approximate surface area is 129 Å². The van der Waals surface area contributed by atoms with Gasteiger partial charge in [0, 0.05) is 17.8 Å². The molecule has 23 heavy (non-hydrogen) atoms. The van der Waals surface area contributed by atoms with E-state index in [1.165, 1.54) is 0 Å². The molecule has 0 aliphatic heterocycles. The fourth-order valence-corrected chi connectivity index (χ4v) is 1.99. The van der Waals surface area contributed by atoms with Crippen LogP contribution >= 0.6 is 0 Å². The van der Waals surface area contributed by atoms with Crippen molar-refractivity contribution in [2.75, 3.05) is 5.32 Å². The highest BCUT2D eigenvalue weighted by molar-refractivity contribution is 5.79. The normalized spacial score (nSPS) is 11.5. The monoisotopic (exact) mass is 317 g/mol. The standard InChI is InChI=1S/C14H11N3O6/c18-14(19)13(9-4-2-1-3-5-9)15-10-6-11(16(20)21)8-12(7-10)17(22)23/h1-8,13,15H,(H,18,19)/t13-/m1/s1. The maximum atomic E-state index is 11.4. The van der Waals surface area contributed by atoms with E-state index in [-0.39, 0.29) is 5.69 Å². The largest absolute Gasteiger partial charge is 0.479 e. The molecule has 0 unspecified atom stereocenters. The molecule has 0 amide bonds. The van der Waals surface area contributed by atoms with E-state index in [4.69, 9.17) is 0 Å². The molecule has 2 aromatic carbocycles. The fourth-order valence-electron chi connectivity index (χ4n) is 1.99. The summed E-state index contributed by atoms with van der Waals surface area (Å²) in [5, 5.41) is 33.6. The van der Waals surface area contributed by atoms with E-state index in [1.807, 2.05) is 0 Å². The number of anilines is 1. The number of nitrogens with zero attached hydrogens (tertiary/aromatic N) is 2. The average Bonchev–Trinajstić information content (AvgIpc) is 2.52. The van der Waals surface area contributed by atoms with Crippen LogP contribution < -0.4 is 5.32 Å². The minimum atomic E-state index is -1.22. The van der Waals surface area contributed by atoms with Gasteiger partial charge in [-0.3, -0.25) is 20.2 Å². The summed E-state index contributed by atoms with van der Waals surface area (Å²) < 4.78 is 0. The summed E-state index contributed by atoms with van der Waals surface area (Å²) in [7, 11) is 0. The van der Waals surface area contributed by atoms with Crippen molar-refractivity contribution in [3.8, 4) is 0 Å². The molecule has 0 aromatic heterocycles. The van der Waals surface area contributed by atoms with Gasteiger partial charge in [0.15, 0.2) is 6.04 Å². The van der Waals surface area contributed by atoms with Crippen LogP contribution in [0.1, 0.15) is 11.6 Å². The van der Waals surface area contributed by atoms with Gasteiger partial charge in [-0.25, -0.2) is 4.79 Å². The maximum Gasteiger partial charge on any atom is 0.330 e. The molecule has 0 aliphatic carbocycles. The van der Waals surface area contributed by atoms with Gasteiger partial charge >= 0.3 is 5.97 Å². The van der Waals surface area contributed by atoms with Gasteiger partial charge in [0.05, 0.1) is 15.9 Å². The number of nitro benzene ring substituents is 2. The quantitative estimate of drug-likeness (QED) is 0.617. The van der Waals surface area contributed by atoms with Gasteiger partial charge in [-0.05, 0) is 5.56 Å². The summed E-state index contributed by atoms with van der Waals surface area (Å²) in [5.74, 6) is -1.22. The lowest BCUT2D eigenvalue weighted by Crippen LogP contribution is -2.20. The molecule has 2 rings (SSSR count). The van der Waals surface area contributed by atoms with Gasteiger partial charge in [0.1, 0.15) is 0 Å². The molecule has 0 saturated carbocycles. The van der Waals surface area contributed by atoms with E-state index < -0.39 is 33.2 Å². The lowest BCUT2D eigenvalue weighted by molar-refractivity contribution is -0.394. The molecule has 0 spiro atoms. The summed E-state index contributed by atoms with van der Waals surface area (Å²) in [5.41, 5.74) is -0.617. The first-order valence-corrected chi connectivity index (χ1v) is 6.36. The Morgan fingerprint density at radius 2 is 1.52 bits per heavy atom. The Hall–Kier alpha value is -3.49. The smallest absolute Gasteiger partial charge is 0.330 e. The second-order valence-corrected chi connectivity index (χ2v) is 4.58. The Morgan fingerprint density at radius 3 is 1.96 bits per heavy atom. The van der Waals surface area contributed by atoms with E-state index in [9.17, 15) is 30.1 Å². The summed E-state index contributed by atoms with van der Waals surface area (Å²) in [6, 6.07) is 9.83. The van der Waals surface area contributed by atoms with Crippen molar-refractivity contribution < 1.29 is 19.7 Å². The number of nitrogens with one attached hydrogen (secondary N) is 1. The van der Waals surface area contributed by atoms with Crippen LogP contribution in [0, 0.1) is 20.2 Å². The molecule has 0 bridgehead atoms. The molecule has 0 radical (unpaired) electrons. The van der Waals surface area contributed by atoms with Crippen molar-refractivity contribution in [3.05, 3.63) is 74.3 Å². The fraction of sp³-hybridized carbons (Fsp3) is 0.0714. The number of carboxylic acids is 1. The zero-order valence-corrected chi connectivity index (χ0v) is 11.6. The van der Waals surface area contributed by atoms with E-state index in [0.717, 1.165) is 18.2 Å². The minimum Gasteiger partial charge on any atom is -0.479 e. The molecule has 0 saturated heterocycles. The van der Waals surface area contributed by atoms with Crippen LogP contribution in [0.3, 0.4) is 0 Å². The number of rotatable bonds is 6. The maximum absolute atomic E-state index is 11.4. The van der Waals surface area contributed by atoms with Crippen molar-refractivity contribution >= 4 is 23.0 Å². The van der Waals surface area contributed by atoms with Crippen LogP contribution in [0.15, 0.2) is 48.5 Å². The first-order valence-electron chi connectivity index (χ1n) is 6.36. The number of hydrogen-bond acceptors (Lipinski definition) is 6. The summed E-state index contributed by atoms with van der Waals surface area (Å²) >= 11 is 0. The molecule has 0 aliphatic rings. The van der Waals surface area contributed by atoms with Crippen molar-refractivity contribution in [2.24, 2.45) is 0 Å². The number of carboxylic acid groups (broad SMARTS) is 1. The third-order valence-electron chi connectivity index (χ3n) is 3.02. The number of hydrogen-bond donors (Lipinski definition) is 2. The number of aliphatic carboxylic acids is 1. The van der Waals surface area contributed by atoms with Gasteiger partial charge < -0.3 is 10.4 Å². The van der Waals surface area contributed by atoms with Crippen molar-refractivity contribution in [2.45, 2.75) is 6.04 Å². The molecular formula is C14H11N3O6. The Kier molecular flexibility index (Phi) is 4.50. The Bertz CT molecular complexity index is 730. The van der Waals surface area contributed by atoms with E-state index in [0.29, 0.717) is 5.56 Å². The average molecular weight is 317 g/mol. The SMILES string of the molecule is O=C(O)[C@H](Nc1cc([N+](=O)[O-])cc([N+](=O)[O-])c1)c1ccccc1. The van der Waals surface area contributed by atoms with Crippen molar-refractivity contribution in [1.29, 1.82) is 0 Å². The zero-order valence-electron chi connectivity index (χ0n) is 11.6. The van der Waals surface area contributed by atoms with Crippen LogP contribution in [0.4, 0.5) is 17.1 Å². The highest BCUT2D eigenvalue weighted by atomic mass is 16.6. The summed E-state index contributed by atoms with van der Waals surface area (Å²) in [6.45, 7) is 0. The van der Waals surface area contributed by atoms with E-state index >= 15 is 0 Å². The molecule has 118 valence electrons. The van der Waals surface area contributed by atoms with Crippen LogP contribution in [-0.2, 0) is 4.79 Å². The van der Waals surface area contributed by atoms with E-state index in [1.54, 1.807) is 30.3 Å². The van der Waals surface area contributed by atoms with Crippen LogP contribution in [0.25, 0.3) is 0 Å². The van der Waals surface area contributed by atoms with E-state index in [2.05, 4.69) is 5.32 Å². The molecule has 0 heterocycles. The minimum absolute atomic E-state index is 0.0258. The Morgan fingerprint density at radius 1 is 1.00 bits per heavy atom. The van der Waals surface area contributed by atoms with Crippen molar-refractivity contribution in [3.63, 3.8) is 0 Å². The number of nitro groups is 2. The van der Waals surface area contributed by atoms with Gasteiger partial charge in [-0.2, -0.15) is 0 Å². The topological polar surface area (TPSA) is 136 Å². The van der Waals surface area contributed by atoms with Crippen LogP contribution in [0.5, 0.6) is 0 Å². The lowest BCUT2D eigenvalue weighted by Gasteiger charge is -2.16. The predicted molar refractivity (Wildman–Crippen MR) is 80.2 cm³/mol. The lowest BCUT2D eigenvalue weighted by atomic mass is 10.1. The third kappa shape index (κ3) is 3.79. The second kappa shape index (κ2) is 6.52. The first kappa shape index (κ1) is 15.9. The van der Waals surface area contributed by atoms with Crippen molar-refractivity contribution in [1.82, 2.24) is 0 Å².